The second-order valence-corrected chi connectivity index (χ2v) is 11.0. The summed E-state index contributed by atoms with van der Waals surface area (Å²) in [6.07, 6.45) is 1.71. The third-order valence-electron chi connectivity index (χ3n) is 6.53. The molecular weight excluding hydrogens is 466 g/mol. The Morgan fingerprint density at radius 2 is 1.91 bits per heavy atom. The number of piperidine rings is 1. The van der Waals surface area contributed by atoms with Crippen LogP contribution in [-0.4, -0.2) is 50.3 Å². The van der Waals surface area contributed by atoms with Gasteiger partial charge in [-0.2, -0.15) is 4.31 Å². The molecule has 5 rings (SSSR count). The summed E-state index contributed by atoms with van der Waals surface area (Å²) < 4.78 is 33.3. The number of amides is 2. The van der Waals surface area contributed by atoms with Crippen LogP contribution >= 0.6 is 11.6 Å². The molecule has 0 saturated carbocycles. The van der Waals surface area contributed by atoms with Crippen LogP contribution in [0, 0.1) is 5.92 Å². The molecule has 2 aromatic carbocycles. The molecule has 1 saturated heterocycles. The van der Waals surface area contributed by atoms with Gasteiger partial charge in [0.25, 0.3) is 5.91 Å². The van der Waals surface area contributed by atoms with Crippen LogP contribution < -0.4 is 15.0 Å². The zero-order chi connectivity index (χ0) is 23.3. The van der Waals surface area contributed by atoms with Gasteiger partial charge in [0.15, 0.2) is 6.61 Å². The average Bonchev–Trinajstić information content (AvgIpc) is 3.13. The summed E-state index contributed by atoms with van der Waals surface area (Å²) in [7, 11) is -3.88. The Morgan fingerprint density at radius 3 is 2.67 bits per heavy atom. The van der Waals surface area contributed by atoms with Crippen molar-refractivity contribution >= 4 is 44.8 Å². The average molecular weight is 490 g/mol. The molecule has 1 fully saturated rings. The van der Waals surface area contributed by atoms with Crippen molar-refractivity contribution in [1.82, 2.24) is 4.31 Å². The number of benzene rings is 2. The molecule has 0 aliphatic carbocycles. The second kappa shape index (κ2) is 8.30. The molecule has 2 aromatic rings. The van der Waals surface area contributed by atoms with Gasteiger partial charge in [0, 0.05) is 36.8 Å². The lowest BCUT2D eigenvalue weighted by molar-refractivity contribution is -0.123. The Bertz CT molecular complexity index is 1240. The fourth-order valence-electron chi connectivity index (χ4n) is 4.86. The fourth-order valence-corrected chi connectivity index (χ4v) is 6.85. The van der Waals surface area contributed by atoms with E-state index in [-0.39, 0.29) is 59.1 Å². The molecular formula is C23H24ClN3O5S. The molecule has 33 heavy (non-hydrogen) atoms. The molecule has 3 heterocycles. The molecule has 2 amide bonds. The summed E-state index contributed by atoms with van der Waals surface area (Å²) in [5.74, 6) is -0.233. The standard InChI is InChI=1S/C23H24ClN3O5S/c1-14-10-16-4-2-3-5-19(16)27(14)23(29)15-6-8-26(9-7-15)33(30,31)21-12-20-18(11-17(21)24)25-22(28)13-32-20/h2-5,11-12,14-15H,6-10,13H2,1H3,(H,25,28)/t14-/m0/s1. The minimum absolute atomic E-state index is 0.0141. The molecule has 1 N–H and O–H groups in total. The molecule has 0 radical (unpaired) electrons. The van der Waals surface area contributed by atoms with Gasteiger partial charge in [-0.15, -0.1) is 0 Å². The van der Waals surface area contributed by atoms with Crippen LogP contribution in [0.25, 0.3) is 0 Å². The summed E-state index contributed by atoms with van der Waals surface area (Å²) in [6, 6.07) is 10.8. The normalized spacial score (nSPS) is 21.2. The van der Waals surface area contributed by atoms with Crippen molar-refractivity contribution in [1.29, 1.82) is 0 Å². The number of rotatable bonds is 3. The van der Waals surface area contributed by atoms with Crippen molar-refractivity contribution in [2.24, 2.45) is 5.92 Å². The van der Waals surface area contributed by atoms with E-state index in [1.54, 1.807) is 0 Å². The Labute approximate surface area is 197 Å². The van der Waals surface area contributed by atoms with Crippen molar-refractivity contribution < 1.29 is 22.7 Å². The highest BCUT2D eigenvalue weighted by Crippen LogP contribution is 2.38. The first kappa shape index (κ1) is 22.2. The van der Waals surface area contributed by atoms with Gasteiger partial charge < -0.3 is 15.0 Å². The van der Waals surface area contributed by atoms with Crippen LogP contribution in [0.5, 0.6) is 5.75 Å². The smallest absolute Gasteiger partial charge is 0.262 e. The lowest BCUT2D eigenvalue weighted by Gasteiger charge is -2.34. The summed E-state index contributed by atoms with van der Waals surface area (Å²) in [5.41, 5.74) is 2.47. The summed E-state index contributed by atoms with van der Waals surface area (Å²) in [4.78, 5) is 26.6. The van der Waals surface area contributed by atoms with Gasteiger partial charge in [-0.05, 0) is 43.9 Å². The number of carbonyl (C=O) groups is 2. The first-order chi connectivity index (χ1) is 15.8. The van der Waals surface area contributed by atoms with Crippen molar-refractivity contribution in [3.8, 4) is 5.75 Å². The van der Waals surface area contributed by atoms with Crippen molar-refractivity contribution in [3.63, 3.8) is 0 Å². The number of sulfonamides is 1. The molecule has 0 unspecified atom stereocenters. The van der Waals surface area contributed by atoms with E-state index in [1.807, 2.05) is 36.1 Å². The van der Waals surface area contributed by atoms with Gasteiger partial charge in [-0.1, -0.05) is 29.8 Å². The molecule has 1 atom stereocenters. The molecule has 0 spiro atoms. The van der Waals surface area contributed by atoms with E-state index < -0.39 is 10.0 Å². The predicted octanol–water partition coefficient (Wildman–Crippen LogP) is 3.05. The Kier molecular flexibility index (Phi) is 5.58. The minimum Gasteiger partial charge on any atom is -0.482 e. The van der Waals surface area contributed by atoms with Crippen LogP contribution in [0.15, 0.2) is 41.3 Å². The van der Waals surface area contributed by atoms with Crippen LogP contribution in [0.4, 0.5) is 11.4 Å². The predicted molar refractivity (Wildman–Crippen MR) is 124 cm³/mol. The number of anilines is 2. The van der Waals surface area contributed by atoms with E-state index in [0.717, 1.165) is 12.1 Å². The van der Waals surface area contributed by atoms with Gasteiger partial charge in [-0.3, -0.25) is 9.59 Å². The Morgan fingerprint density at radius 1 is 1.18 bits per heavy atom. The maximum atomic E-state index is 13.3. The van der Waals surface area contributed by atoms with Gasteiger partial charge in [0.05, 0.1) is 10.7 Å². The third kappa shape index (κ3) is 3.88. The monoisotopic (exact) mass is 489 g/mol. The number of ether oxygens (including phenoxy) is 1. The third-order valence-corrected chi connectivity index (χ3v) is 8.90. The number of halogens is 1. The van der Waals surface area contributed by atoms with Crippen LogP contribution in [-0.2, 0) is 26.0 Å². The van der Waals surface area contributed by atoms with Gasteiger partial charge in [0.1, 0.15) is 10.6 Å². The molecule has 3 aliphatic rings. The van der Waals surface area contributed by atoms with E-state index >= 15 is 0 Å². The van der Waals surface area contributed by atoms with Gasteiger partial charge >= 0.3 is 0 Å². The summed E-state index contributed by atoms with van der Waals surface area (Å²) in [6.45, 7) is 2.32. The van der Waals surface area contributed by atoms with E-state index in [9.17, 15) is 18.0 Å². The Balaban J connectivity index is 1.31. The molecule has 3 aliphatic heterocycles. The van der Waals surface area contributed by atoms with Crippen molar-refractivity contribution in [2.75, 3.05) is 29.9 Å². The first-order valence-electron chi connectivity index (χ1n) is 10.9. The van der Waals surface area contributed by atoms with Gasteiger partial charge in [-0.25, -0.2) is 8.42 Å². The van der Waals surface area contributed by atoms with Gasteiger partial charge in [0.2, 0.25) is 15.9 Å². The Hall–Kier alpha value is -2.62. The zero-order valence-corrected chi connectivity index (χ0v) is 19.7. The number of para-hydroxylation sites is 1. The molecule has 8 nitrogen and oxygen atoms in total. The topological polar surface area (TPSA) is 96.0 Å². The van der Waals surface area contributed by atoms with E-state index in [4.69, 9.17) is 16.3 Å². The maximum Gasteiger partial charge on any atom is 0.262 e. The van der Waals surface area contributed by atoms with Crippen molar-refractivity contribution in [3.05, 3.63) is 47.0 Å². The minimum atomic E-state index is -3.88. The number of hydrogen-bond donors (Lipinski definition) is 1. The lowest BCUT2D eigenvalue weighted by Crippen LogP contribution is -2.46. The van der Waals surface area contributed by atoms with Crippen LogP contribution in [0.2, 0.25) is 5.02 Å². The highest BCUT2D eigenvalue weighted by Gasteiger charge is 2.39. The van der Waals surface area contributed by atoms with E-state index in [2.05, 4.69) is 5.32 Å². The maximum absolute atomic E-state index is 13.3. The lowest BCUT2D eigenvalue weighted by atomic mass is 9.96. The summed E-state index contributed by atoms with van der Waals surface area (Å²) >= 11 is 6.27. The number of fused-ring (bicyclic) bond motifs is 2. The molecule has 0 bridgehead atoms. The molecule has 174 valence electrons. The largest absolute Gasteiger partial charge is 0.482 e. The number of carbonyl (C=O) groups excluding carboxylic acids is 2. The van der Waals surface area contributed by atoms with E-state index in [0.29, 0.717) is 18.5 Å². The van der Waals surface area contributed by atoms with Crippen LogP contribution in [0.3, 0.4) is 0 Å². The highest BCUT2D eigenvalue weighted by molar-refractivity contribution is 7.89. The fraction of sp³-hybridized carbons (Fsp3) is 0.391. The number of hydrogen-bond acceptors (Lipinski definition) is 5. The van der Waals surface area contributed by atoms with Crippen molar-refractivity contribution in [2.45, 2.75) is 37.1 Å². The molecule has 0 aromatic heterocycles. The van der Waals surface area contributed by atoms with E-state index in [1.165, 1.54) is 22.0 Å². The first-order valence-corrected chi connectivity index (χ1v) is 12.7. The second-order valence-electron chi connectivity index (χ2n) is 8.68. The SMILES string of the molecule is C[C@H]1Cc2ccccc2N1C(=O)C1CCN(S(=O)(=O)c2cc3c(cc2Cl)NC(=O)CO3)CC1. The zero-order valence-electron chi connectivity index (χ0n) is 18.1. The molecule has 10 heteroatoms. The van der Waals surface area contributed by atoms with Crippen LogP contribution in [0.1, 0.15) is 25.3 Å². The number of nitrogens with one attached hydrogen (secondary N) is 1. The summed E-state index contributed by atoms with van der Waals surface area (Å²) in [5, 5.41) is 2.63. The highest BCUT2D eigenvalue weighted by atomic mass is 35.5. The quantitative estimate of drug-likeness (QED) is 0.714. The number of nitrogens with zero attached hydrogens (tertiary/aromatic N) is 2.